The Labute approximate surface area is 123 Å². The summed E-state index contributed by atoms with van der Waals surface area (Å²) in [6.45, 7) is 10.6. The van der Waals surface area contributed by atoms with Gasteiger partial charge in [0.25, 0.3) is 0 Å². The lowest BCUT2D eigenvalue weighted by Crippen LogP contribution is -2.41. The molecule has 1 aromatic rings. The van der Waals surface area contributed by atoms with E-state index >= 15 is 0 Å². The molecule has 0 N–H and O–H groups in total. The van der Waals surface area contributed by atoms with Crippen LogP contribution in [0.5, 0.6) is 0 Å². The molecule has 0 radical (unpaired) electrons. The van der Waals surface area contributed by atoms with E-state index in [1.165, 1.54) is 5.56 Å². The monoisotopic (exact) mass is 273 g/mol. The molecular formula is C18H27NO. The quantitative estimate of drug-likeness (QED) is 0.765. The Balaban J connectivity index is 2.06. The Bertz CT molecular complexity index is 448. The first-order valence-electron chi connectivity index (χ1n) is 7.79. The highest BCUT2D eigenvalue weighted by Crippen LogP contribution is 2.37. The van der Waals surface area contributed by atoms with Gasteiger partial charge in [-0.25, -0.2) is 0 Å². The molecule has 1 aromatic carbocycles. The lowest BCUT2D eigenvalue weighted by Gasteiger charge is -2.37. The summed E-state index contributed by atoms with van der Waals surface area (Å²) in [6.07, 6.45) is 2.17. The maximum atomic E-state index is 12.3. The number of nitrogens with zero attached hydrogens (tertiary/aromatic N) is 1. The summed E-state index contributed by atoms with van der Waals surface area (Å²) < 4.78 is 0. The third-order valence-electron chi connectivity index (χ3n) is 4.69. The number of hydrogen-bond donors (Lipinski definition) is 0. The standard InChI is InChI=1S/C18H27NO/c1-5-19(17(20)16-11-12-16)13-18(3,4)14(2)15-9-7-6-8-10-15/h6-10,14,16H,5,11-13H2,1-4H3. The van der Waals surface area contributed by atoms with Crippen LogP contribution in [0.15, 0.2) is 30.3 Å². The molecule has 0 saturated heterocycles. The predicted octanol–water partition coefficient (Wildman–Crippen LogP) is 4.07. The molecule has 20 heavy (non-hydrogen) atoms. The van der Waals surface area contributed by atoms with E-state index in [-0.39, 0.29) is 5.41 Å². The number of benzene rings is 1. The summed E-state index contributed by atoms with van der Waals surface area (Å²) in [5.74, 6) is 1.11. The summed E-state index contributed by atoms with van der Waals surface area (Å²) in [5, 5.41) is 0. The van der Waals surface area contributed by atoms with Crippen LogP contribution in [0.4, 0.5) is 0 Å². The van der Waals surface area contributed by atoms with Crippen LogP contribution < -0.4 is 0 Å². The minimum atomic E-state index is 0.0852. The summed E-state index contributed by atoms with van der Waals surface area (Å²) in [4.78, 5) is 14.4. The summed E-state index contributed by atoms with van der Waals surface area (Å²) >= 11 is 0. The molecule has 1 saturated carbocycles. The second-order valence-electron chi connectivity index (χ2n) is 6.75. The second kappa shape index (κ2) is 5.99. The zero-order chi connectivity index (χ0) is 14.8. The van der Waals surface area contributed by atoms with E-state index in [1.54, 1.807) is 0 Å². The Morgan fingerprint density at radius 3 is 2.40 bits per heavy atom. The highest BCUT2D eigenvalue weighted by Gasteiger charge is 2.36. The molecule has 1 aliphatic rings. The fourth-order valence-corrected chi connectivity index (χ4v) is 2.76. The van der Waals surface area contributed by atoms with Crippen molar-refractivity contribution in [2.75, 3.05) is 13.1 Å². The van der Waals surface area contributed by atoms with Gasteiger partial charge in [-0.3, -0.25) is 4.79 Å². The molecule has 110 valence electrons. The van der Waals surface area contributed by atoms with Crippen LogP contribution >= 0.6 is 0 Å². The van der Waals surface area contributed by atoms with E-state index in [0.29, 0.717) is 17.7 Å². The number of hydrogen-bond acceptors (Lipinski definition) is 1. The van der Waals surface area contributed by atoms with Gasteiger partial charge in [0.1, 0.15) is 0 Å². The van der Waals surface area contributed by atoms with Gasteiger partial charge in [0.05, 0.1) is 0 Å². The molecule has 1 fully saturated rings. The molecule has 2 rings (SSSR count). The Hall–Kier alpha value is -1.31. The largest absolute Gasteiger partial charge is 0.342 e. The number of rotatable bonds is 6. The van der Waals surface area contributed by atoms with Gasteiger partial charge in [-0.15, -0.1) is 0 Å². The Morgan fingerprint density at radius 2 is 1.90 bits per heavy atom. The second-order valence-corrected chi connectivity index (χ2v) is 6.75. The average Bonchev–Trinajstić information content (AvgIpc) is 3.28. The van der Waals surface area contributed by atoms with Crippen molar-refractivity contribution in [3.05, 3.63) is 35.9 Å². The van der Waals surface area contributed by atoms with Crippen molar-refractivity contribution in [1.29, 1.82) is 0 Å². The van der Waals surface area contributed by atoms with Gasteiger partial charge in [0.15, 0.2) is 0 Å². The first kappa shape index (κ1) is 15.1. The highest BCUT2D eigenvalue weighted by atomic mass is 16.2. The predicted molar refractivity (Wildman–Crippen MR) is 83.6 cm³/mol. The molecular weight excluding hydrogens is 246 g/mol. The summed E-state index contributed by atoms with van der Waals surface area (Å²) in [5.41, 5.74) is 1.44. The molecule has 2 nitrogen and oxygen atoms in total. The third-order valence-corrected chi connectivity index (χ3v) is 4.69. The van der Waals surface area contributed by atoms with Gasteiger partial charge in [-0.1, -0.05) is 51.1 Å². The fraction of sp³-hybridized carbons (Fsp3) is 0.611. The Kier molecular flexibility index (Phi) is 4.52. The van der Waals surface area contributed by atoms with E-state index in [0.717, 1.165) is 25.9 Å². The van der Waals surface area contributed by atoms with Gasteiger partial charge in [0.2, 0.25) is 5.91 Å². The summed E-state index contributed by atoms with van der Waals surface area (Å²) in [6, 6.07) is 10.6. The van der Waals surface area contributed by atoms with Gasteiger partial charge < -0.3 is 4.90 Å². The van der Waals surface area contributed by atoms with Crippen molar-refractivity contribution in [2.24, 2.45) is 11.3 Å². The number of amides is 1. The molecule has 0 bridgehead atoms. The maximum Gasteiger partial charge on any atom is 0.225 e. The van der Waals surface area contributed by atoms with Crippen LogP contribution in [0.3, 0.4) is 0 Å². The molecule has 1 unspecified atom stereocenters. The lowest BCUT2D eigenvalue weighted by molar-refractivity contribution is -0.133. The van der Waals surface area contributed by atoms with Crippen LogP contribution in [0, 0.1) is 11.3 Å². The van der Waals surface area contributed by atoms with Crippen molar-refractivity contribution in [2.45, 2.75) is 46.5 Å². The van der Waals surface area contributed by atoms with Gasteiger partial charge >= 0.3 is 0 Å². The van der Waals surface area contributed by atoms with Crippen LogP contribution in [0.2, 0.25) is 0 Å². The maximum absolute atomic E-state index is 12.3. The topological polar surface area (TPSA) is 20.3 Å². The van der Waals surface area contributed by atoms with Crippen molar-refractivity contribution < 1.29 is 4.79 Å². The smallest absolute Gasteiger partial charge is 0.225 e. The third kappa shape index (κ3) is 3.41. The van der Waals surface area contributed by atoms with Crippen molar-refractivity contribution >= 4 is 5.91 Å². The SMILES string of the molecule is CCN(CC(C)(C)C(C)c1ccccc1)C(=O)C1CC1. The van der Waals surface area contributed by atoms with E-state index < -0.39 is 0 Å². The van der Waals surface area contributed by atoms with E-state index in [4.69, 9.17) is 0 Å². The molecule has 1 amide bonds. The fourth-order valence-electron chi connectivity index (χ4n) is 2.76. The highest BCUT2D eigenvalue weighted by molar-refractivity contribution is 5.81. The van der Waals surface area contributed by atoms with Crippen LogP contribution in [-0.2, 0) is 4.79 Å². The van der Waals surface area contributed by atoms with Crippen LogP contribution in [-0.4, -0.2) is 23.9 Å². The normalized spacial score (nSPS) is 16.8. The van der Waals surface area contributed by atoms with Crippen molar-refractivity contribution in [3.63, 3.8) is 0 Å². The minimum absolute atomic E-state index is 0.0852. The van der Waals surface area contributed by atoms with Gasteiger partial charge in [-0.2, -0.15) is 0 Å². The van der Waals surface area contributed by atoms with Crippen LogP contribution in [0.1, 0.15) is 52.0 Å². The first-order valence-corrected chi connectivity index (χ1v) is 7.79. The minimum Gasteiger partial charge on any atom is -0.342 e. The summed E-state index contributed by atoms with van der Waals surface area (Å²) in [7, 11) is 0. The number of carbonyl (C=O) groups excluding carboxylic acids is 1. The van der Waals surface area contributed by atoms with E-state index in [2.05, 4.69) is 62.9 Å². The van der Waals surface area contributed by atoms with Gasteiger partial charge in [-0.05, 0) is 36.7 Å². The first-order chi connectivity index (χ1) is 9.45. The van der Waals surface area contributed by atoms with Gasteiger partial charge in [0, 0.05) is 19.0 Å². The van der Waals surface area contributed by atoms with Crippen molar-refractivity contribution in [3.8, 4) is 0 Å². The lowest BCUT2D eigenvalue weighted by atomic mass is 9.75. The van der Waals surface area contributed by atoms with Crippen molar-refractivity contribution in [1.82, 2.24) is 4.90 Å². The molecule has 2 heteroatoms. The molecule has 0 spiro atoms. The zero-order valence-corrected chi connectivity index (χ0v) is 13.2. The van der Waals surface area contributed by atoms with Crippen LogP contribution in [0.25, 0.3) is 0 Å². The molecule has 0 aromatic heterocycles. The molecule has 0 aliphatic heterocycles. The average molecular weight is 273 g/mol. The molecule has 1 aliphatic carbocycles. The zero-order valence-electron chi connectivity index (χ0n) is 13.2. The van der Waals surface area contributed by atoms with E-state index in [9.17, 15) is 4.79 Å². The molecule has 0 heterocycles. The Morgan fingerprint density at radius 1 is 1.30 bits per heavy atom. The molecule has 1 atom stereocenters. The number of carbonyl (C=O) groups is 1. The van der Waals surface area contributed by atoms with E-state index in [1.807, 2.05) is 0 Å².